The molecule has 4 aromatic rings. The Hall–Kier alpha value is -3.21. The van der Waals surface area contributed by atoms with Crippen molar-refractivity contribution >= 4 is 28.8 Å². The summed E-state index contributed by atoms with van der Waals surface area (Å²) in [4.78, 5) is 21.8. The molecule has 34 heavy (non-hydrogen) atoms. The standard InChI is InChI=1S/C23H20ClF2N5O2S/c1-13-20(34-22(29-13)15-3-5-16(24)6-4-15)21(32)30-14(2)23(33,10-31-12-27-11-28-31)18-8-7-17(25)9-19(18)26/h3-9,11-12,14,33H,10H2,1-2H3,(H,30,32)/t14-,23-/m1/s1. The van der Waals surface area contributed by atoms with Crippen LogP contribution in [0.4, 0.5) is 8.78 Å². The molecule has 0 aliphatic heterocycles. The lowest BCUT2D eigenvalue weighted by molar-refractivity contribution is -0.0185. The number of thiazole rings is 1. The van der Waals surface area contributed by atoms with Gasteiger partial charge in [-0.2, -0.15) is 5.10 Å². The number of carbonyl (C=O) groups is 1. The van der Waals surface area contributed by atoms with Crippen LogP contribution in [0.3, 0.4) is 0 Å². The molecule has 0 radical (unpaired) electrons. The average molecular weight is 504 g/mol. The molecule has 0 aliphatic rings. The summed E-state index contributed by atoms with van der Waals surface area (Å²) >= 11 is 7.13. The molecular weight excluding hydrogens is 484 g/mol. The zero-order valence-corrected chi connectivity index (χ0v) is 19.7. The van der Waals surface area contributed by atoms with E-state index in [1.807, 2.05) is 0 Å². The highest BCUT2D eigenvalue weighted by Gasteiger charge is 2.40. The summed E-state index contributed by atoms with van der Waals surface area (Å²) in [5, 5.41) is 19.5. The van der Waals surface area contributed by atoms with Crippen LogP contribution >= 0.6 is 22.9 Å². The molecule has 0 bridgehead atoms. The van der Waals surface area contributed by atoms with Crippen molar-refractivity contribution in [2.75, 3.05) is 0 Å². The number of hydrogen-bond acceptors (Lipinski definition) is 6. The molecule has 0 saturated carbocycles. The first-order chi connectivity index (χ1) is 16.2. The Kier molecular flexibility index (Phi) is 6.74. The quantitative estimate of drug-likeness (QED) is 0.391. The molecule has 0 saturated heterocycles. The van der Waals surface area contributed by atoms with Crippen LogP contribution in [0.2, 0.25) is 5.02 Å². The number of aromatic nitrogens is 4. The van der Waals surface area contributed by atoms with Gasteiger partial charge < -0.3 is 10.4 Å². The maximum absolute atomic E-state index is 14.7. The van der Waals surface area contributed by atoms with Crippen molar-refractivity contribution in [1.82, 2.24) is 25.1 Å². The molecule has 4 rings (SSSR count). The fourth-order valence-electron chi connectivity index (χ4n) is 3.56. The third kappa shape index (κ3) is 4.84. The van der Waals surface area contributed by atoms with Gasteiger partial charge in [-0.1, -0.05) is 29.8 Å². The summed E-state index contributed by atoms with van der Waals surface area (Å²) in [7, 11) is 0. The minimum atomic E-state index is -1.96. The molecule has 2 aromatic carbocycles. The van der Waals surface area contributed by atoms with Crippen LogP contribution in [0.15, 0.2) is 55.1 Å². The van der Waals surface area contributed by atoms with Gasteiger partial charge in [0.2, 0.25) is 0 Å². The second kappa shape index (κ2) is 9.57. The smallest absolute Gasteiger partial charge is 0.263 e. The van der Waals surface area contributed by atoms with Crippen molar-refractivity contribution in [3.05, 3.63) is 87.9 Å². The molecule has 2 heterocycles. The van der Waals surface area contributed by atoms with Crippen LogP contribution in [0.25, 0.3) is 10.6 Å². The van der Waals surface area contributed by atoms with E-state index in [0.29, 0.717) is 26.7 Å². The van der Waals surface area contributed by atoms with E-state index in [1.54, 1.807) is 31.2 Å². The Morgan fingerprint density at radius 2 is 2.00 bits per heavy atom. The zero-order valence-electron chi connectivity index (χ0n) is 18.2. The van der Waals surface area contributed by atoms with E-state index in [0.717, 1.165) is 17.7 Å². The second-order valence-corrected chi connectivity index (χ2v) is 9.21. The van der Waals surface area contributed by atoms with Gasteiger partial charge >= 0.3 is 0 Å². The third-order valence-electron chi connectivity index (χ3n) is 5.43. The minimum absolute atomic E-state index is 0.180. The molecule has 0 aliphatic carbocycles. The molecule has 0 unspecified atom stereocenters. The number of hydrogen-bond donors (Lipinski definition) is 2. The summed E-state index contributed by atoms with van der Waals surface area (Å²) in [5.74, 6) is -2.21. The Balaban J connectivity index is 1.63. The number of aryl methyl sites for hydroxylation is 1. The highest BCUT2D eigenvalue weighted by molar-refractivity contribution is 7.17. The number of rotatable bonds is 7. The third-order valence-corrected chi connectivity index (χ3v) is 6.88. The van der Waals surface area contributed by atoms with Crippen molar-refractivity contribution in [3.63, 3.8) is 0 Å². The maximum Gasteiger partial charge on any atom is 0.263 e. The zero-order chi connectivity index (χ0) is 24.5. The first-order valence-electron chi connectivity index (χ1n) is 10.2. The van der Waals surface area contributed by atoms with Gasteiger partial charge in [-0.25, -0.2) is 23.4 Å². The summed E-state index contributed by atoms with van der Waals surface area (Å²) < 4.78 is 29.5. The number of nitrogens with one attached hydrogen (secondary N) is 1. The molecule has 7 nitrogen and oxygen atoms in total. The molecule has 176 valence electrons. The van der Waals surface area contributed by atoms with Crippen LogP contribution in [0, 0.1) is 18.6 Å². The van der Waals surface area contributed by atoms with E-state index < -0.39 is 29.2 Å². The first kappa shape index (κ1) is 23.9. The Bertz CT molecular complexity index is 1310. The number of aliphatic hydroxyl groups is 1. The van der Waals surface area contributed by atoms with Crippen LogP contribution in [-0.4, -0.2) is 36.8 Å². The van der Waals surface area contributed by atoms with E-state index in [2.05, 4.69) is 20.4 Å². The number of carbonyl (C=O) groups excluding carboxylic acids is 1. The van der Waals surface area contributed by atoms with Crippen molar-refractivity contribution in [1.29, 1.82) is 0 Å². The maximum atomic E-state index is 14.7. The summed E-state index contributed by atoms with van der Waals surface area (Å²) in [6.45, 7) is 3.01. The van der Waals surface area contributed by atoms with Gasteiger partial charge in [0, 0.05) is 22.2 Å². The fraction of sp³-hybridized carbons (Fsp3) is 0.217. The number of amides is 1. The molecular formula is C23H20ClF2N5O2S. The van der Waals surface area contributed by atoms with E-state index in [9.17, 15) is 18.7 Å². The first-order valence-corrected chi connectivity index (χ1v) is 11.4. The largest absolute Gasteiger partial charge is 0.381 e. The van der Waals surface area contributed by atoms with Gasteiger partial charge in [0.15, 0.2) is 0 Å². The highest BCUT2D eigenvalue weighted by Crippen LogP contribution is 2.32. The number of halogens is 3. The Labute approximate surface area is 203 Å². The minimum Gasteiger partial charge on any atom is -0.381 e. The van der Waals surface area contributed by atoms with Crippen molar-refractivity contribution in [2.24, 2.45) is 0 Å². The van der Waals surface area contributed by atoms with Crippen molar-refractivity contribution < 1.29 is 18.7 Å². The summed E-state index contributed by atoms with van der Waals surface area (Å²) in [6, 6.07) is 8.96. The number of benzene rings is 2. The van der Waals surface area contributed by atoms with E-state index in [4.69, 9.17) is 11.6 Å². The monoisotopic (exact) mass is 503 g/mol. The molecule has 0 fully saturated rings. The van der Waals surface area contributed by atoms with Crippen LogP contribution < -0.4 is 5.32 Å². The number of nitrogens with zero attached hydrogens (tertiary/aromatic N) is 4. The molecule has 11 heteroatoms. The van der Waals surface area contributed by atoms with Gasteiger partial charge in [-0.05, 0) is 32.0 Å². The molecule has 2 N–H and O–H groups in total. The Morgan fingerprint density at radius 3 is 2.65 bits per heavy atom. The van der Waals surface area contributed by atoms with Gasteiger partial charge in [0.05, 0.1) is 18.3 Å². The highest BCUT2D eigenvalue weighted by atomic mass is 35.5. The van der Waals surface area contributed by atoms with Crippen molar-refractivity contribution in [3.8, 4) is 10.6 Å². The van der Waals surface area contributed by atoms with Crippen LogP contribution in [0.5, 0.6) is 0 Å². The van der Waals surface area contributed by atoms with Gasteiger partial charge in [-0.15, -0.1) is 11.3 Å². The normalized spacial score (nSPS) is 13.9. The second-order valence-electron chi connectivity index (χ2n) is 7.78. The van der Waals surface area contributed by atoms with E-state index in [1.165, 1.54) is 35.6 Å². The van der Waals surface area contributed by atoms with Crippen LogP contribution in [0.1, 0.15) is 27.9 Å². The SMILES string of the molecule is Cc1nc(-c2ccc(Cl)cc2)sc1C(=O)N[C@H](C)[C@](O)(Cn1cncn1)c1ccc(F)cc1F. The van der Waals surface area contributed by atoms with Gasteiger partial charge in [0.25, 0.3) is 5.91 Å². The van der Waals surface area contributed by atoms with Gasteiger partial charge in [0.1, 0.15) is 39.8 Å². The Morgan fingerprint density at radius 1 is 1.26 bits per heavy atom. The molecule has 1 amide bonds. The van der Waals surface area contributed by atoms with E-state index >= 15 is 0 Å². The fourth-order valence-corrected chi connectivity index (χ4v) is 4.66. The lowest BCUT2D eigenvalue weighted by Gasteiger charge is -2.35. The molecule has 2 atom stereocenters. The van der Waals surface area contributed by atoms with Crippen molar-refractivity contribution in [2.45, 2.75) is 32.0 Å². The molecule has 2 aromatic heterocycles. The van der Waals surface area contributed by atoms with Gasteiger partial charge in [-0.3, -0.25) is 4.79 Å². The average Bonchev–Trinajstić information content (AvgIpc) is 3.43. The summed E-state index contributed by atoms with van der Waals surface area (Å²) in [6.07, 6.45) is 2.62. The van der Waals surface area contributed by atoms with E-state index in [-0.39, 0.29) is 12.1 Å². The lowest BCUT2D eigenvalue weighted by Crippen LogP contribution is -2.51. The topological polar surface area (TPSA) is 92.9 Å². The van der Waals surface area contributed by atoms with Crippen LogP contribution in [-0.2, 0) is 12.1 Å². The predicted molar refractivity (Wildman–Crippen MR) is 125 cm³/mol. The lowest BCUT2D eigenvalue weighted by atomic mass is 9.86. The summed E-state index contributed by atoms with van der Waals surface area (Å²) in [5.41, 5.74) is -0.827. The predicted octanol–water partition coefficient (Wildman–Crippen LogP) is 4.35. The molecule has 0 spiro atoms.